The van der Waals surface area contributed by atoms with Crippen LogP contribution in [-0.4, -0.2) is 23.4 Å². The topological polar surface area (TPSA) is 37.9 Å². The number of nitrogens with zero attached hydrogens (tertiary/aromatic N) is 1. The molecule has 0 spiro atoms. The van der Waals surface area contributed by atoms with Crippen molar-refractivity contribution in [2.24, 2.45) is 0 Å². The highest BCUT2D eigenvalue weighted by molar-refractivity contribution is 7.16. The Hall–Kier alpha value is -0.910. The molecule has 1 aliphatic heterocycles. The lowest BCUT2D eigenvalue weighted by atomic mass is 9.96. The SMILES string of the molecule is Fc1c(C2CCOCC2)n[nH]c1CCc1ccc(Cl)s1. The summed E-state index contributed by atoms with van der Waals surface area (Å²) in [7, 11) is 0. The standard InChI is InChI=1S/C14H16ClFN2OS/c15-12-4-2-10(20-12)1-3-11-13(16)14(18-17-11)9-5-7-19-8-6-9/h2,4,9H,1,3,5-8H2,(H,17,18). The fourth-order valence-corrected chi connectivity index (χ4v) is 3.61. The highest BCUT2D eigenvalue weighted by Gasteiger charge is 2.24. The summed E-state index contributed by atoms with van der Waals surface area (Å²) >= 11 is 7.43. The van der Waals surface area contributed by atoms with Crippen LogP contribution < -0.4 is 0 Å². The second kappa shape index (κ2) is 6.24. The fourth-order valence-electron chi connectivity index (χ4n) is 2.52. The third-order valence-electron chi connectivity index (χ3n) is 3.66. The summed E-state index contributed by atoms with van der Waals surface area (Å²) in [5, 5.41) is 7.03. The second-order valence-electron chi connectivity index (χ2n) is 4.99. The van der Waals surface area contributed by atoms with Gasteiger partial charge in [0.2, 0.25) is 0 Å². The summed E-state index contributed by atoms with van der Waals surface area (Å²) in [5.74, 6) is 0.0180. The number of aromatic amines is 1. The average Bonchev–Trinajstić information content (AvgIpc) is 3.04. The fraction of sp³-hybridized carbons (Fsp3) is 0.500. The van der Waals surface area contributed by atoms with Crippen molar-refractivity contribution in [3.8, 4) is 0 Å². The Labute approximate surface area is 126 Å². The molecule has 0 radical (unpaired) electrons. The van der Waals surface area contributed by atoms with Crippen LogP contribution in [0.4, 0.5) is 4.39 Å². The minimum absolute atomic E-state index is 0.167. The number of H-pyrrole nitrogens is 1. The van der Waals surface area contributed by atoms with Gasteiger partial charge >= 0.3 is 0 Å². The minimum atomic E-state index is -0.167. The Kier molecular flexibility index (Phi) is 4.38. The second-order valence-corrected chi connectivity index (χ2v) is 6.79. The zero-order chi connectivity index (χ0) is 13.9. The Morgan fingerprint density at radius 1 is 1.35 bits per heavy atom. The predicted molar refractivity (Wildman–Crippen MR) is 78.1 cm³/mol. The van der Waals surface area contributed by atoms with Gasteiger partial charge in [0.15, 0.2) is 5.82 Å². The third kappa shape index (κ3) is 3.05. The first-order valence-corrected chi connectivity index (χ1v) is 7.98. The maximum Gasteiger partial charge on any atom is 0.167 e. The summed E-state index contributed by atoms with van der Waals surface area (Å²) in [6.45, 7) is 1.39. The van der Waals surface area contributed by atoms with Gasteiger partial charge in [0.1, 0.15) is 5.69 Å². The van der Waals surface area contributed by atoms with Crippen LogP contribution in [0.15, 0.2) is 12.1 Å². The van der Waals surface area contributed by atoms with Crippen LogP contribution >= 0.6 is 22.9 Å². The van der Waals surface area contributed by atoms with Gasteiger partial charge in [0.05, 0.1) is 10.0 Å². The van der Waals surface area contributed by atoms with E-state index in [0.29, 0.717) is 31.0 Å². The van der Waals surface area contributed by atoms with Crippen LogP contribution in [0.5, 0.6) is 0 Å². The summed E-state index contributed by atoms with van der Waals surface area (Å²) in [6.07, 6.45) is 3.10. The van der Waals surface area contributed by atoms with E-state index in [2.05, 4.69) is 10.2 Å². The van der Waals surface area contributed by atoms with E-state index in [-0.39, 0.29) is 11.7 Å². The molecule has 3 nitrogen and oxygen atoms in total. The van der Waals surface area contributed by atoms with Crippen molar-refractivity contribution in [2.75, 3.05) is 13.2 Å². The molecule has 2 aromatic rings. The van der Waals surface area contributed by atoms with Crippen molar-refractivity contribution in [1.29, 1.82) is 0 Å². The molecular weight excluding hydrogens is 299 g/mol. The number of nitrogens with one attached hydrogen (secondary N) is 1. The smallest absolute Gasteiger partial charge is 0.167 e. The van der Waals surface area contributed by atoms with Crippen molar-refractivity contribution in [3.63, 3.8) is 0 Å². The van der Waals surface area contributed by atoms with Gasteiger partial charge in [0, 0.05) is 24.0 Å². The number of aryl methyl sites for hydroxylation is 2. The van der Waals surface area contributed by atoms with E-state index in [1.807, 2.05) is 12.1 Å². The van der Waals surface area contributed by atoms with Gasteiger partial charge in [-0.2, -0.15) is 5.10 Å². The third-order valence-corrected chi connectivity index (χ3v) is 4.95. The Balaban J connectivity index is 1.66. The van der Waals surface area contributed by atoms with Crippen molar-refractivity contribution < 1.29 is 9.13 Å². The number of hydrogen-bond acceptors (Lipinski definition) is 3. The summed E-state index contributed by atoms with van der Waals surface area (Å²) in [6, 6.07) is 3.86. The molecule has 20 heavy (non-hydrogen) atoms. The number of aromatic nitrogens is 2. The Morgan fingerprint density at radius 3 is 2.85 bits per heavy atom. The molecular formula is C14H16ClFN2OS. The first kappa shape index (κ1) is 14.0. The molecule has 108 valence electrons. The van der Waals surface area contributed by atoms with Gasteiger partial charge in [-0.25, -0.2) is 4.39 Å². The molecule has 1 saturated heterocycles. The number of thiophene rings is 1. The maximum atomic E-state index is 14.4. The Morgan fingerprint density at radius 2 is 2.15 bits per heavy atom. The van der Waals surface area contributed by atoms with Gasteiger partial charge in [-0.05, 0) is 37.8 Å². The summed E-state index contributed by atoms with van der Waals surface area (Å²) < 4.78 is 20.4. The van der Waals surface area contributed by atoms with Crippen molar-refractivity contribution >= 4 is 22.9 Å². The molecule has 0 bridgehead atoms. The normalized spacial score (nSPS) is 16.7. The van der Waals surface area contributed by atoms with Gasteiger partial charge in [-0.15, -0.1) is 11.3 Å². The van der Waals surface area contributed by atoms with E-state index < -0.39 is 0 Å². The largest absolute Gasteiger partial charge is 0.381 e. The van der Waals surface area contributed by atoms with Gasteiger partial charge in [0.25, 0.3) is 0 Å². The molecule has 1 fully saturated rings. The number of hydrogen-bond donors (Lipinski definition) is 1. The molecule has 3 rings (SSSR count). The molecule has 1 N–H and O–H groups in total. The molecule has 1 aliphatic rings. The van der Waals surface area contributed by atoms with Gasteiger partial charge in [-0.1, -0.05) is 11.6 Å². The number of rotatable bonds is 4. The highest BCUT2D eigenvalue weighted by atomic mass is 35.5. The molecule has 6 heteroatoms. The minimum Gasteiger partial charge on any atom is -0.381 e. The van der Waals surface area contributed by atoms with Crippen LogP contribution in [0.25, 0.3) is 0 Å². The zero-order valence-corrected chi connectivity index (χ0v) is 12.6. The van der Waals surface area contributed by atoms with E-state index in [4.69, 9.17) is 16.3 Å². The first-order chi connectivity index (χ1) is 9.74. The quantitative estimate of drug-likeness (QED) is 0.928. The van der Waals surface area contributed by atoms with Crippen LogP contribution in [0.1, 0.15) is 35.0 Å². The molecule has 0 atom stereocenters. The predicted octanol–water partition coefficient (Wildman–Crippen LogP) is 3.94. The lowest BCUT2D eigenvalue weighted by Crippen LogP contribution is -2.15. The van der Waals surface area contributed by atoms with Crippen LogP contribution in [0, 0.1) is 5.82 Å². The van der Waals surface area contributed by atoms with E-state index in [9.17, 15) is 4.39 Å². The van der Waals surface area contributed by atoms with E-state index in [1.54, 1.807) is 0 Å². The van der Waals surface area contributed by atoms with E-state index in [1.165, 1.54) is 11.3 Å². The summed E-state index contributed by atoms with van der Waals surface area (Å²) in [5.41, 5.74) is 1.17. The molecule has 2 aromatic heterocycles. The average molecular weight is 315 g/mol. The monoisotopic (exact) mass is 314 g/mol. The number of halogens is 2. The first-order valence-electron chi connectivity index (χ1n) is 6.78. The number of ether oxygens (including phenoxy) is 1. The lowest BCUT2D eigenvalue weighted by molar-refractivity contribution is 0.0837. The maximum absolute atomic E-state index is 14.4. The van der Waals surface area contributed by atoms with Gasteiger partial charge in [-0.3, -0.25) is 5.10 Å². The van der Waals surface area contributed by atoms with Crippen molar-refractivity contribution in [3.05, 3.63) is 38.6 Å². The molecule has 0 unspecified atom stereocenters. The van der Waals surface area contributed by atoms with Crippen LogP contribution in [0.3, 0.4) is 0 Å². The Bertz CT molecular complexity index is 577. The molecule has 3 heterocycles. The molecule has 0 aromatic carbocycles. The summed E-state index contributed by atoms with van der Waals surface area (Å²) in [4.78, 5) is 1.16. The highest BCUT2D eigenvalue weighted by Crippen LogP contribution is 2.29. The lowest BCUT2D eigenvalue weighted by Gasteiger charge is -2.20. The molecule has 0 amide bonds. The zero-order valence-electron chi connectivity index (χ0n) is 11.0. The molecule has 0 aliphatic carbocycles. The van der Waals surface area contributed by atoms with Crippen molar-refractivity contribution in [2.45, 2.75) is 31.6 Å². The van der Waals surface area contributed by atoms with Crippen LogP contribution in [0.2, 0.25) is 4.34 Å². The molecule has 0 saturated carbocycles. The van der Waals surface area contributed by atoms with Crippen LogP contribution in [-0.2, 0) is 17.6 Å². The van der Waals surface area contributed by atoms with Crippen molar-refractivity contribution in [1.82, 2.24) is 10.2 Å². The van der Waals surface area contributed by atoms with Gasteiger partial charge < -0.3 is 4.74 Å². The van der Waals surface area contributed by atoms with E-state index in [0.717, 1.165) is 28.5 Å². The van der Waals surface area contributed by atoms with E-state index >= 15 is 0 Å².